The molecular weight excluding hydrogens is 558 g/mol. The summed E-state index contributed by atoms with van der Waals surface area (Å²) in [5, 5.41) is 14.0. The monoisotopic (exact) mass is 601 g/mol. The van der Waals surface area contributed by atoms with Crippen LogP contribution < -0.4 is 20.5 Å². The molecular formula is C33H43N7O4. The van der Waals surface area contributed by atoms with Gasteiger partial charge in [-0.1, -0.05) is 19.6 Å². The lowest BCUT2D eigenvalue weighted by atomic mass is 9.89. The second-order valence-corrected chi connectivity index (χ2v) is 11.4. The zero-order valence-electron chi connectivity index (χ0n) is 24.9. The Kier molecular flexibility index (Phi) is 9.26. The van der Waals surface area contributed by atoms with Crippen LogP contribution in [-0.2, 0) is 0 Å². The van der Waals surface area contributed by atoms with Crippen LogP contribution in [0.15, 0.2) is 48.9 Å². The Labute approximate surface area is 258 Å². The fourth-order valence-electron chi connectivity index (χ4n) is 6.56. The Morgan fingerprint density at radius 3 is 2.39 bits per heavy atom. The molecule has 4 aromatic rings. The second kappa shape index (κ2) is 13.1. The molecule has 0 unspecified atom stereocenters. The third-order valence-corrected chi connectivity index (χ3v) is 8.96. The average molecular weight is 602 g/mol. The Bertz CT molecular complexity index is 1620. The van der Waals surface area contributed by atoms with E-state index in [4.69, 9.17) is 15.2 Å². The molecule has 0 radical (unpaired) electrons. The van der Waals surface area contributed by atoms with Crippen molar-refractivity contribution in [3.63, 3.8) is 0 Å². The van der Waals surface area contributed by atoms with E-state index in [1.165, 1.54) is 19.5 Å². The van der Waals surface area contributed by atoms with Crippen molar-refractivity contribution < 1.29 is 19.4 Å². The van der Waals surface area contributed by atoms with E-state index in [1.807, 2.05) is 12.1 Å². The normalized spacial score (nSPS) is 19.3. The zero-order chi connectivity index (χ0) is 30.1. The maximum Gasteiger partial charge on any atom is 0.263 e. The van der Waals surface area contributed by atoms with Gasteiger partial charge in [0.2, 0.25) is 0 Å². The van der Waals surface area contributed by atoms with Crippen molar-refractivity contribution in [2.75, 3.05) is 58.5 Å². The number of benzene rings is 2. The fraction of sp³-hybridized carbons (Fsp3) is 0.424. The number of carbonyl (C=O) groups is 1. The molecule has 1 aliphatic heterocycles. The van der Waals surface area contributed by atoms with Gasteiger partial charge < -0.3 is 35.1 Å². The minimum atomic E-state index is -0.512. The smallest absolute Gasteiger partial charge is 0.263 e. The number of nitrogen functional groups attached to an aromatic ring is 1. The van der Waals surface area contributed by atoms with Crippen molar-refractivity contribution in [1.29, 1.82) is 0 Å². The largest absolute Gasteiger partial charge is 0.507 e. The average Bonchev–Trinajstić information content (AvgIpc) is 3.42. The molecule has 11 heteroatoms. The zero-order valence-corrected chi connectivity index (χ0v) is 24.9. The van der Waals surface area contributed by atoms with Crippen molar-refractivity contribution >= 4 is 28.4 Å². The summed E-state index contributed by atoms with van der Waals surface area (Å²) in [5.74, 6) is 0.474. The number of nitrogens with zero attached hydrogens (tertiary/aromatic N) is 5. The summed E-state index contributed by atoms with van der Waals surface area (Å²) in [6.45, 7) is 4.56. The Morgan fingerprint density at radius 1 is 0.977 bits per heavy atom. The van der Waals surface area contributed by atoms with E-state index in [9.17, 15) is 9.90 Å². The number of fused-ring (bicyclic) bond motifs is 1. The lowest BCUT2D eigenvalue weighted by molar-refractivity contribution is 0.0828. The molecule has 4 N–H and O–H groups in total. The van der Waals surface area contributed by atoms with Crippen molar-refractivity contribution in [2.45, 2.75) is 45.2 Å². The fourth-order valence-corrected chi connectivity index (χ4v) is 6.56. The highest BCUT2D eigenvalue weighted by Crippen LogP contribution is 2.41. The number of rotatable bonds is 7. The number of piperazine rings is 1. The van der Waals surface area contributed by atoms with Crippen LogP contribution in [0.4, 0.5) is 11.5 Å². The van der Waals surface area contributed by atoms with Gasteiger partial charge in [0.25, 0.3) is 5.91 Å². The number of likely N-dealkylation sites (N-methyl/N-ethyl adjacent to an activating group) is 1. The van der Waals surface area contributed by atoms with E-state index in [1.54, 1.807) is 25.3 Å². The number of methoxy groups -OCH3 is 2. The van der Waals surface area contributed by atoms with Gasteiger partial charge in [0.1, 0.15) is 40.6 Å². The van der Waals surface area contributed by atoms with Gasteiger partial charge in [-0.2, -0.15) is 0 Å². The first-order valence-electron chi connectivity index (χ1n) is 14.8. The van der Waals surface area contributed by atoms with Crippen LogP contribution >= 0.6 is 0 Å². The molecule has 1 amide bonds. The molecule has 0 spiro atoms. The van der Waals surface area contributed by atoms with Gasteiger partial charge in [-0.05, 0) is 62.6 Å². The number of anilines is 2. The minimum absolute atomic E-state index is 0. The number of hydrogen-bond donors (Lipinski definition) is 3. The van der Waals surface area contributed by atoms with E-state index in [-0.39, 0.29) is 24.5 Å². The topological polar surface area (TPSA) is 131 Å². The Balaban J connectivity index is 0.00000384. The van der Waals surface area contributed by atoms with E-state index >= 15 is 0 Å². The SMILES string of the molecule is C.COc1cc(-c2cn(C3CCC(N4CCN(C)CC4)CC3)c3ncnc(N)c23)ccc1NC(=O)c1c(O)cccc1OC. The number of aromatic hydroxyl groups is 1. The van der Waals surface area contributed by atoms with Gasteiger partial charge >= 0.3 is 0 Å². The molecule has 1 aliphatic carbocycles. The van der Waals surface area contributed by atoms with E-state index in [2.05, 4.69) is 42.9 Å². The van der Waals surface area contributed by atoms with Gasteiger partial charge in [0, 0.05) is 50.0 Å². The summed E-state index contributed by atoms with van der Waals surface area (Å²) in [5.41, 5.74) is 9.55. The number of nitrogens with one attached hydrogen (secondary N) is 1. The first-order chi connectivity index (χ1) is 20.9. The molecule has 3 heterocycles. The molecule has 0 bridgehead atoms. The van der Waals surface area contributed by atoms with Crippen LogP contribution in [0.25, 0.3) is 22.2 Å². The first-order valence-corrected chi connectivity index (χ1v) is 14.8. The van der Waals surface area contributed by atoms with Crippen molar-refractivity contribution in [1.82, 2.24) is 24.3 Å². The summed E-state index contributed by atoms with van der Waals surface area (Å²) in [6.07, 6.45) is 8.14. The highest BCUT2D eigenvalue weighted by molar-refractivity contribution is 6.09. The molecule has 2 aromatic heterocycles. The molecule has 44 heavy (non-hydrogen) atoms. The number of hydrogen-bond acceptors (Lipinski definition) is 9. The highest BCUT2D eigenvalue weighted by Gasteiger charge is 2.30. The predicted molar refractivity (Wildman–Crippen MR) is 174 cm³/mol. The number of phenolic OH excluding ortho intramolecular Hbond substituents is 1. The van der Waals surface area contributed by atoms with Crippen LogP contribution in [0.3, 0.4) is 0 Å². The van der Waals surface area contributed by atoms with E-state index in [0.29, 0.717) is 29.3 Å². The molecule has 0 atom stereocenters. The predicted octanol–water partition coefficient (Wildman–Crippen LogP) is 5.02. The van der Waals surface area contributed by atoms with Crippen molar-refractivity contribution in [3.8, 4) is 28.4 Å². The summed E-state index contributed by atoms with van der Waals surface area (Å²) < 4.78 is 13.2. The number of nitrogens with two attached hydrogens (primary N) is 1. The van der Waals surface area contributed by atoms with Crippen molar-refractivity contribution in [3.05, 3.63) is 54.5 Å². The van der Waals surface area contributed by atoms with Gasteiger partial charge in [0.05, 0.1) is 25.3 Å². The number of phenols is 1. The number of ether oxygens (including phenoxy) is 2. The molecule has 11 nitrogen and oxygen atoms in total. The first kappa shape index (κ1) is 31.1. The van der Waals surface area contributed by atoms with Gasteiger partial charge in [0.15, 0.2) is 0 Å². The van der Waals surface area contributed by atoms with Crippen molar-refractivity contribution in [2.24, 2.45) is 0 Å². The lowest BCUT2D eigenvalue weighted by Gasteiger charge is -2.41. The molecule has 6 rings (SSSR count). The molecule has 1 saturated heterocycles. The maximum atomic E-state index is 13.1. The number of amides is 1. The van der Waals surface area contributed by atoms with E-state index < -0.39 is 5.91 Å². The van der Waals surface area contributed by atoms with Gasteiger partial charge in [-0.25, -0.2) is 9.97 Å². The summed E-state index contributed by atoms with van der Waals surface area (Å²) >= 11 is 0. The van der Waals surface area contributed by atoms with Crippen LogP contribution in [0, 0.1) is 0 Å². The molecule has 234 valence electrons. The quantitative estimate of drug-likeness (QED) is 0.267. The molecule has 2 fully saturated rings. The standard InChI is InChI=1S/C32H39N7O4.CH4/c1-37-13-15-38(16-14-37)21-8-10-22(11-9-21)39-18-23(28-30(33)34-19-35-31(28)39)20-7-12-24(27(17-20)43-3)36-32(41)29-25(40)5-4-6-26(29)42-2;/h4-7,12,17-19,21-22,40H,8-11,13-16H2,1-3H3,(H,36,41)(H2,33,34,35);1H4. The Hall–Kier alpha value is -4.35. The summed E-state index contributed by atoms with van der Waals surface area (Å²) in [4.78, 5) is 27.2. The number of carbonyl (C=O) groups excluding carboxylic acids is 1. The number of aromatic nitrogens is 3. The van der Waals surface area contributed by atoms with Crippen LogP contribution in [0.2, 0.25) is 0 Å². The Morgan fingerprint density at radius 2 is 1.68 bits per heavy atom. The van der Waals surface area contributed by atoms with Gasteiger partial charge in [-0.15, -0.1) is 0 Å². The third kappa shape index (κ3) is 5.89. The van der Waals surface area contributed by atoms with Crippen LogP contribution in [0.1, 0.15) is 49.5 Å². The molecule has 2 aromatic carbocycles. The maximum absolute atomic E-state index is 13.1. The van der Waals surface area contributed by atoms with Gasteiger partial charge in [-0.3, -0.25) is 9.69 Å². The second-order valence-electron chi connectivity index (χ2n) is 11.4. The molecule has 2 aliphatic rings. The summed E-state index contributed by atoms with van der Waals surface area (Å²) in [6, 6.07) is 11.2. The third-order valence-electron chi connectivity index (χ3n) is 8.96. The van der Waals surface area contributed by atoms with Crippen LogP contribution in [0.5, 0.6) is 17.2 Å². The van der Waals surface area contributed by atoms with E-state index in [0.717, 1.165) is 74.0 Å². The summed E-state index contributed by atoms with van der Waals surface area (Å²) in [7, 11) is 5.20. The molecule has 1 saturated carbocycles. The lowest BCUT2D eigenvalue weighted by Crippen LogP contribution is -2.49. The highest BCUT2D eigenvalue weighted by atomic mass is 16.5. The van der Waals surface area contributed by atoms with Crippen LogP contribution in [-0.4, -0.2) is 88.8 Å². The minimum Gasteiger partial charge on any atom is -0.507 e.